The highest BCUT2D eigenvalue weighted by Crippen LogP contribution is 2.29. The lowest BCUT2D eigenvalue weighted by molar-refractivity contribution is -0.118. The molecular weight excluding hydrogens is 387 g/mol. The van der Waals surface area contributed by atoms with E-state index in [1.54, 1.807) is 6.07 Å². The summed E-state index contributed by atoms with van der Waals surface area (Å²) in [6, 6.07) is 10.1. The van der Waals surface area contributed by atoms with Gasteiger partial charge in [-0.1, -0.05) is 12.1 Å². The van der Waals surface area contributed by atoms with E-state index in [2.05, 4.69) is 25.6 Å². The Bertz CT molecular complexity index is 1310. The molecule has 4 rings (SSSR count). The molecule has 1 amide bonds. The number of hydrogen-bond donors (Lipinski definition) is 5. The lowest BCUT2D eigenvalue weighted by atomic mass is 10.1. The molecule has 0 aliphatic rings. The summed E-state index contributed by atoms with van der Waals surface area (Å²) in [6.45, 7) is 3.27. The quantitative estimate of drug-likeness (QED) is 0.312. The molecule has 0 saturated heterocycles. The Balaban J connectivity index is 1.64. The normalized spacial score (nSPS) is 11.3. The zero-order valence-electron chi connectivity index (χ0n) is 16.3. The molecule has 0 radical (unpaired) electrons. The predicted molar refractivity (Wildman–Crippen MR) is 114 cm³/mol. The van der Waals surface area contributed by atoms with Gasteiger partial charge in [0.1, 0.15) is 17.2 Å². The molecule has 0 aliphatic carbocycles. The summed E-state index contributed by atoms with van der Waals surface area (Å²) in [5.74, 6) is -0.290. The topological polar surface area (TPSA) is 129 Å². The Morgan fingerprint density at radius 1 is 1.17 bits per heavy atom. The summed E-state index contributed by atoms with van der Waals surface area (Å²) >= 11 is 0. The van der Waals surface area contributed by atoms with E-state index < -0.39 is 11.4 Å². The van der Waals surface area contributed by atoms with Crippen LogP contribution in [0, 0.1) is 5.82 Å². The second-order valence-corrected chi connectivity index (χ2v) is 7.00. The van der Waals surface area contributed by atoms with Gasteiger partial charge in [-0.25, -0.2) is 9.37 Å². The number of amides is 1. The van der Waals surface area contributed by atoms with Crippen LogP contribution in [0.2, 0.25) is 0 Å². The average Bonchev–Trinajstić information content (AvgIpc) is 3.10. The number of rotatable bonds is 6. The van der Waals surface area contributed by atoms with E-state index in [0.29, 0.717) is 30.7 Å². The molecule has 6 N–H and O–H groups in total. The number of aromatic amines is 2. The fraction of sp³-hybridized carbons (Fsp3) is 0.190. The molecule has 0 fully saturated rings. The molecule has 9 heteroatoms. The highest BCUT2D eigenvalue weighted by Gasteiger charge is 2.18. The molecular formula is C21H21FN6O2. The molecule has 8 nitrogen and oxygen atoms in total. The van der Waals surface area contributed by atoms with Crippen LogP contribution in [0.1, 0.15) is 12.5 Å². The Morgan fingerprint density at radius 2 is 2.00 bits per heavy atom. The van der Waals surface area contributed by atoms with Crippen LogP contribution in [-0.2, 0) is 11.3 Å². The van der Waals surface area contributed by atoms with Crippen LogP contribution in [0.15, 0.2) is 41.2 Å². The van der Waals surface area contributed by atoms with Gasteiger partial charge in [0.2, 0.25) is 5.91 Å². The second-order valence-electron chi connectivity index (χ2n) is 7.00. The zero-order valence-corrected chi connectivity index (χ0v) is 16.3. The van der Waals surface area contributed by atoms with Crippen molar-refractivity contribution in [2.75, 3.05) is 18.8 Å². The molecule has 0 spiro atoms. The molecule has 0 saturated carbocycles. The summed E-state index contributed by atoms with van der Waals surface area (Å²) in [5.41, 5.74) is 8.62. The third kappa shape index (κ3) is 3.74. The van der Waals surface area contributed by atoms with Gasteiger partial charge < -0.3 is 26.3 Å². The van der Waals surface area contributed by atoms with E-state index in [9.17, 15) is 14.0 Å². The average molecular weight is 408 g/mol. The van der Waals surface area contributed by atoms with Gasteiger partial charge in [-0.05, 0) is 29.8 Å². The lowest BCUT2D eigenvalue weighted by Crippen LogP contribution is -2.29. The van der Waals surface area contributed by atoms with Crippen molar-refractivity contribution < 1.29 is 9.18 Å². The fourth-order valence-electron chi connectivity index (χ4n) is 3.41. The van der Waals surface area contributed by atoms with Crippen LogP contribution in [0.5, 0.6) is 0 Å². The number of nitrogens with zero attached hydrogens (tertiary/aromatic N) is 1. The van der Waals surface area contributed by atoms with Gasteiger partial charge in [-0.3, -0.25) is 9.59 Å². The largest absolute Gasteiger partial charge is 0.397 e. The van der Waals surface area contributed by atoms with E-state index >= 15 is 0 Å². The molecule has 30 heavy (non-hydrogen) atoms. The Kier molecular flexibility index (Phi) is 5.20. The van der Waals surface area contributed by atoms with E-state index in [4.69, 9.17) is 5.73 Å². The minimum absolute atomic E-state index is 0.0470. The summed E-state index contributed by atoms with van der Waals surface area (Å²) in [5, 5.41) is 6.12. The van der Waals surface area contributed by atoms with E-state index in [-0.39, 0.29) is 28.4 Å². The van der Waals surface area contributed by atoms with Crippen molar-refractivity contribution in [3.8, 4) is 11.4 Å². The SMILES string of the molecule is CC(=O)NCCNCc1ccc2nc(-c3c(N)c4c(F)cccc4[nH]c3=O)[nH]c2c1. The van der Waals surface area contributed by atoms with E-state index in [1.807, 2.05) is 18.2 Å². The molecule has 4 aromatic rings. The van der Waals surface area contributed by atoms with E-state index in [1.165, 1.54) is 19.1 Å². The van der Waals surface area contributed by atoms with E-state index in [0.717, 1.165) is 11.1 Å². The van der Waals surface area contributed by atoms with Crippen LogP contribution in [0.25, 0.3) is 33.3 Å². The van der Waals surface area contributed by atoms with Gasteiger partial charge in [-0.15, -0.1) is 0 Å². The number of carbonyl (C=O) groups excluding carboxylic acids is 1. The number of aromatic nitrogens is 3. The van der Waals surface area contributed by atoms with Crippen molar-refractivity contribution in [1.29, 1.82) is 0 Å². The van der Waals surface area contributed by atoms with Crippen molar-refractivity contribution in [1.82, 2.24) is 25.6 Å². The fourth-order valence-corrected chi connectivity index (χ4v) is 3.41. The molecule has 0 bridgehead atoms. The van der Waals surface area contributed by atoms with Crippen molar-refractivity contribution >= 4 is 33.5 Å². The Morgan fingerprint density at radius 3 is 2.80 bits per heavy atom. The maximum absolute atomic E-state index is 14.3. The maximum Gasteiger partial charge on any atom is 0.261 e. The zero-order chi connectivity index (χ0) is 21.3. The number of halogens is 1. The summed E-state index contributed by atoms with van der Waals surface area (Å²) < 4.78 is 14.3. The van der Waals surface area contributed by atoms with Crippen LogP contribution < -0.4 is 21.9 Å². The standard InChI is InChI=1S/C21H21FN6O2/c1-11(29)25-8-7-24-10-12-5-6-14-16(9-12)27-20(26-14)18-19(23)17-13(22)3-2-4-15(17)28-21(18)30/h2-6,9,24H,7-8,10H2,1H3,(H,25,29)(H,26,27)(H3,23,28,30). The molecule has 2 heterocycles. The van der Waals surface area contributed by atoms with Gasteiger partial charge >= 0.3 is 0 Å². The van der Waals surface area contributed by atoms with Crippen LogP contribution >= 0.6 is 0 Å². The highest BCUT2D eigenvalue weighted by atomic mass is 19.1. The summed E-state index contributed by atoms with van der Waals surface area (Å²) in [7, 11) is 0. The van der Waals surface area contributed by atoms with Gasteiger partial charge in [0.15, 0.2) is 0 Å². The predicted octanol–water partition coefficient (Wildman–Crippen LogP) is 2.02. The lowest BCUT2D eigenvalue weighted by Gasteiger charge is -2.07. The number of carbonyl (C=O) groups is 1. The first kappa shape index (κ1) is 19.6. The number of benzene rings is 2. The minimum atomic E-state index is -0.508. The first-order valence-electron chi connectivity index (χ1n) is 9.48. The van der Waals surface area contributed by atoms with Crippen molar-refractivity contribution in [3.63, 3.8) is 0 Å². The van der Waals surface area contributed by atoms with Gasteiger partial charge in [0.05, 0.1) is 27.6 Å². The van der Waals surface area contributed by atoms with Crippen LogP contribution in [-0.4, -0.2) is 33.9 Å². The smallest absolute Gasteiger partial charge is 0.261 e. The molecule has 154 valence electrons. The van der Waals surface area contributed by atoms with Gasteiger partial charge in [0, 0.05) is 26.6 Å². The minimum Gasteiger partial charge on any atom is -0.397 e. The summed E-state index contributed by atoms with van der Waals surface area (Å²) in [4.78, 5) is 33.7. The molecule has 2 aromatic heterocycles. The third-order valence-corrected chi connectivity index (χ3v) is 4.82. The van der Waals surface area contributed by atoms with Gasteiger partial charge in [0.25, 0.3) is 5.56 Å². The van der Waals surface area contributed by atoms with Crippen molar-refractivity contribution in [2.24, 2.45) is 0 Å². The first-order chi connectivity index (χ1) is 14.4. The van der Waals surface area contributed by atoms with Crippen molar-refractivity contribution in [3.05, 3.63) is 58.1 Å². The number of nitrogens with one attached hydrogen (secondary N) is 4. The Labute approximate surface area is 170 Å². The summed E-state index contributed by atoms with van der Waals surface area (Å²) in [6.07, 6.45) is 0. The molecule has 2 aromatic carbocycles. The molecule has 0 atom stereocenters. The number of nitrogens with two attached hydrogens (primary N) is 1. The van der Waals surface area contributed by atoms with Crippen molar-refractivity contribution in [2.45, 2.75) is 13.5 Å². The number of imidazole rings is 1. The van der Waals surface area contributed by atoms with Crippen LogP contribution in [0.4, 0.5) is 10.1 Å². The molecule has 0 unspecified atom stereocenters. The number of H-pyrrole nitrogens is 2. The number of fused-ring (bicyclic) bond motifs is 2. The Hall–Kier alpha value is -3.72. The number of pyridine rings is 1. The van der Waals surface area contributed by atoms with Gasteiger partial charge in [-0.2, -0.15) is 0 Å². The highest BCUT2D eigenvalue weighted by molar-refractivity contribution is 5.98. The monoisotopic (exact) mass is 408 g/mol. The second kappa shape index (κ2) is 7.96. The first-order valence-corrected chi connectivity index (χ1v) is 9.48. The maximum atomic E-state index is 14.3. The number of hydrogen-bond acceptors (Lipinski definition) is 5. The van der Waals surface area contributed by atoms with Crippen LogP contribution in [0.3, 0.4) is 0 Å². The molecule has 0 aliphatic heterocycles. The number of anilines is 1. The third-order valence-electron chi connectivity index (χ3n) is 4.82. The number of nitrogen functional groups attached to an aromatic ring is 1.